The minimum atomic E-state index is -0.486. The Morgan fingerprint density at radius 3 is 2.16 bits per heavy atom. The van der Waals surface area contributed by atoms with E-state index >= 15 is 0 Å². The fourth-order valence-electron chi connectivity index (χ4n) is 1.94. The topological polar surface area (TPSA) is 75.9 Å². The van der Waals surface area contributed by atoms with Gasteiger partial charge in [-0.3, -0.25) is 14.5 Å². The molecular weight excluding hydrogens is 246 g/mol. The molecule has 0 radical (unpaired) electrons. The van der Waals surface area contributed by atoms with Crippen LogP contribution in [0.5, 0.6) is 0 Å². The molecule has 6 heteroatoms. The predicted octanol–water partition coefficient (Wildman–Crippen LogP) is -0.323. The van der Waals surface area contributed by atoms with Gasteiger partial charge in [-0.2, -0.15) is 0 Å². The molecular formula is C13H25N3O3. The van der Waals surface area contributed by atoms with E-state index in [4.69, 9.17) is 5.73 Å². The maximum absolute atomic E-state index is 12.2. The summed E-state index contributed by atoms with van der Waals surface area (Å²) in [7, 11) is 1.38. The van der Waals surface area contributed by atoms with Crippen molar-refractivity contribution in [3.63, 3.8) is 0 Å². The molecule has 1 aliphatic rings. The van der Waals surface area contributed by atoms with E-state index in [1.165, 1.54) is 7.11 Å². The number of rotatable bonds is 3. The van der Waals surface area contributed by atoms with Gasteiger partial charge in [0.1, 0.15) is 0 Å². The molecule has 1 rings (SSSR count). The normalized spacial score (nSPS) is 19.1. The van der Waals surface area contributed by atoms with Crippen LogP contribution in [0.3, 0.4) is 0 Å². The lowest BCUT2D eigenvalue weighted by molar-refractivity contribution is -0.143. The van der Waals surface area contributed by atoms with Crippen LogP contribution in [0.25, 0.3) is 0 Å². The predicted molar refractivity (Wildman–Crippen MR) is 72.5 cm³/mol. The third-order valence-corrected chi connectivity index (χ3v) is 3.46. The summed E-state index contributed by atoms with van der Waals surface area (Å²) in [6.07, 6.45) is 0. The maximum Gasteiger partial charge on any atom is 0.319 e. The standard InChI is InChI=1S/C13H25N3O3/c1-13(2,3)11(14)12(18)16-7-5-15(6-8-16)9-10(17)19-4/h11H,5-9,14H2,1-4H3. The van der Waals surface area contributed by atoms with Crippen molar-refractivity contribution in [2.24, 2.45) is 11.1 Å². The number of nitrogens with zero attached hydrogens (tertiary/aromatic N) is 2. The highest BCUT2D eigenvalue weighted by Crippen LogP contribution is 2.19. The Morgan fingerprint density at radius 2 is 1.74 bits per heavy atom. The van der Waals surface area contributed by atoms with Gasteiger partial charge in [-0.1, -0.05) is 20.8 Å². The van der Waals surface area contributed by atoms with Crippen LogP contribution < -0.4 is 5.73 Å². The van der Waals surface area contributed by atoms with Crippen LogP contribution in [0.15, 0.2) is 0 Å². The van der Waals surface area contributed by atoms with E-state index in [1.807, 2.05) is 25.7 Å². The largest absolute Gasteiger partial charge is 0.468 e. The van der Waals surface area contributed by atoms with Gasteiger partial charge >= 0.3 is 5.97 Å². The number of ether oxygens (including phenoxy) is 1. The molecule has 0 spiro atoms. The highest BCUT2D eigenvalue weighted by molar-refractivity contribution is 5.82. The quantitative estimate of drug-likeness (QED) is 0.712. The van der Waals surface area contributed by atoms with E-state index in [9.17, 15) is 9.59 Å². The highest BCUT2D eigenvalue weighted by Gasteiger charge is 2.32. The van der Waals surface area contributed by atoms with Crippen LogP contribution >= 0.6 is 0 Å². The van der Waals surface area contributed by atoms with Crippen molar-refractivity contribution in [1.29, 1.82) is 0 Å². The summed E-state index contributed by atoms with van der Waals surface area (Å²) in [5.74, 6) is -0.253. The van der Waals surface area contributed by atoms with Gasteiger partial charge in [-0.25, -0.2) is 0 Å². The van der Waals surface area contributed by atoms with Crippen molar-refractivity contribution in [2.45, 2.75) is 26.8 Å². The Morgan fingerprint density at radius 1 is 1.21 bits per heavy atom. The molecule has 1 aliphatic heterocycles. The second-order valence-electron chi connectivity index (χ2n) is 6.02. The molecule has 1 saturated heterocycles. The number of hydrogen-bond acceptors (Lipinski definition) is 5. The SMILES string of the molecule is COC(=O)CN1CCN(C(=O)C(N)C(C)(C)C)CC1. The molecule has 2 N–H and O–H groups in total. The molecule has 6 nitrogen and oxygen atoms in total. The monoisotopic (exact) mass is 271 g/mol. The number of nitrogens with two attached hydrogens (primary N) is 1. The molecule has 19 heavy (non-hydrogen) atoms. The van der Waals surface area contributed by atoms with Crippen molar-refractivity contribution < 1.29 is 14.3 Å². The van der Waals surface area contributed by atoms with Gasteiger partial charge in [0.15, 0.2) is 0 Å². The van der Waals surface area contributed by atoms with E-state index < -0.39 is 6.04 Å². The van der Waals surface area contributed by atoms with Gasteiger partial charge in [0, 0.05) is 26.2 Å². The second-order valence-corrected chi connectivity index (χ2v) is 6.02. The van der Waals surface area contributed by atoms with Crippen LogP contribution in [0.2, 0.25) is 0 Å². The summed E-state index contributed by atoms with van der Waals surface area (Å²) in [6.45, 7) is 8.74. The summed E-state index contributed by atoms with van der Waals surface area (Å²) in [5.41, 5.74) is 5.75. The average molecular weight is 271 g/mol. The van der Waals surface area contributed by atoms with Crippen molar-refractivity contribution in [2.75, 3.05) is 39.8 Å². The fourth-order valence-corrected chi connectivity index (χ4v) is 1.94. The molecule has 0 saturated carbocycles. The van der Waals surface area contributed by atoms with Gasteiger partial charge in [-0.15, -0.1) is 0 Å². The summed E-state index contributed by atoms with van der Waals surface area (Å²) in [5, 5.41) is 0. The maximum atomic E-state index is 12.2. The number of hydrogen-bond donors (Lipinski definition) is 1. The highest BCUT2D eigenvalue weighted by atomic mass is 16.5. The number of carbonyl (C=O) groups is 2. The van der Waals surface area contributed by atoms with E-state index in [1.54, 1.807) is 4.90 Å². The van der Waals surface area contributed by atoms with Gasteiger partial charge in [0.2, 0.25) is 5.91 Å². The van der Waals surface area contributed by atoms with Gasteiger partial charge in [-0.05, 0) is 5.41 Å². The van der Waals surface area contributed by atoms with Gasteiger partial charge in [0.05, 0.1) is 19.7 Å². The summed E-state index contributed by atoms with van der Waals surface area (Å²) in [6, 6.07) is -0.486. The third-order valence-electron chi connectivity index (χ3n) is 3.46. The lowest BCUT2D eigenvalue weighted by atomic mass is 9.86. The number of methoxy groups -OCH3 is 1. The molecule has 1 heterocycles. The van der Waals surface area contributed by atoms with Crippen LogP contribution in [0.4, 0.5) is 0 Å². The minimum Gasteiger partial charge on any atom is -0.468 e. The smallest absolute Gasteiger partial charge is 0.319 e. The summed E-state index contributed by atoms with van der Waals surface area (Å²) >= 11 is 0. The molecule has 1 fully saturated rings. The first-order valence-corrected chi connectivity index (χ1v) is 6.59. The Bertz CT molecular complexity index is 331. The van der Waals surface area contributed by atoms with E-state index in [-0.39, 0.29) is 23.8 Å². The Labute approximate surface area is 114 Å². The Hall–Kier alpha value is -1.14. The molecule has 1 atom stereocenters. The van der Waals surface area contributed by atoms with Crippen LogP contribution in [-0.4, -0.2) is 67.6 Å². The first kappa shape index (κ1) is 15.9. The second kappa shape index (κ2) is 6.34. The molecule has 0 aromatic carbocycles. The Kier molecular flexibility index (Phi) is 5.31. The average Bonchev–Trinajstić information content (AvgIpc) is 2.36. The first-order valence-electron chi connectivity index (χ1n) is 6.59. The lowest BCUT2D eigenvalue weighted by Crippen LogP contribution is -2.56. The first-order chi connectivity index (χ1) is 8.75. The van der Waals surface area contributed by atoms with Crippen molar-refractivity contribution in [3.05, 3.63) is 0 Å². The van der Waals surface area contributed by atoms with Crippen molar-refractivity contribution in [3.8, 4) is 0 Å². The van der Waals surface area contributed by atoms with E-state index in [0.29, 0.717) is 26.2 Å². The van der Waals surface area contributed by atoms with Gasteiger partial charge < -0.3 is 15.4 Å². The Balaban J connectivity index is 2.45. The lowest BCUT2D eigenvalue weighted by Gasteiger charge is -2.37. The minimum absolute atomic E-state index is 0.00906. The molecule has 1 unspecified atom stereocenters. The zero-order valence-electron chi connectivity index (χ0n) is 12.3. The zero-order valence-corrected chi connectivity index (χ0v) is 12.3. The number of piperazine rings is 1. The zero-order chi connectivity index (χ0) is 14.6. The third kappa shape index (κ3) is 4.47. The molecule has 0 aliphatic carbocycles. The molecule has 0 aromatic heterocycles. The number of amides is 1. The van der Waals surface area contributed by atoms with Gasteiger partial charge in [0.25, 0.3) is 0 Å². The van der Waals surface area contributed by atoms with Crippen LogP contribution in [0, 0.1) is 5.41 Å². The number of carbonyl (C=O) groups excluding carboxylic acids is 2. The van der Waals surface area contributed by atoms with Crippen LogP contribution in [0.1, 0.15) is 20.8 Å². The van der Waals surface area contributed by atoms with Crippen molar-refractivity contribution >= 4 is 11.9 Å². The fraction of sp³-hybridized carbons (Fsp3) is 0.846. The molecule has 0 aromatic rings. The molecule has 1 amide bonds. The van der Waals surface area contributed by atoms with E-state index in [2.05, 4.69) is 4.74 Å². The summed E-state index contributed by atoms with van der Waals surface area (Å²) < 4.78 is 4.63. The number of esters is 1. The van der Waals surface area contributed by atoms with Crippen molar-refractivity contribution in [1.82, 2.24) is 9.80 Å². The molecule has 110 valence electrons. The van der Waals surface area contributed by atoms with E-state index in [0.717, 1.165) is 0 Å². The summed E-state index contributed by atoms with van der Waals surface area (Å²) in [4.78, 5) is 27.2. The van der Waals surface area contributed by atoms with Crippen LogP contribution in [-0.2, 0) is 14.3 Å². The molecule has 0 bridgehead atoms.